The summed E-state index contributed by atoms with van der Waals surface area (Å²) in [4.78, 5) is 15.3. The molecular formula is C12H21N3O2. The lowest BCUT2D eigenvalue weighted by Crippen LogP contribution is -2.46. The van der Waals surface area contributed by atoms with Crippen molar-refractivity contribution in [3.05, 3.63) is 18.2 Å². The van der Waals surface area contributed by atoms with Crippen molar-refractivity contribution in [2.24, 2.45) is 5.73 Å². The quantitative estimate of drug-likeness (QED) is 0.820. The Kier molecular flexibility index (Phi) is 3.93. The topological polar surface area (TPSA) is 81.1 Å². The first-order valence-electron chi connectivity index (χ1n) is 5.80. The summed E-state index contributed by atoms with van der Waals surface area (Å²) >= 11 is 0. The fraction of sp³-hybridized carbons (Fsp3) is 0.667. The highest BCUT2D eigenvalue weighted by atomic mass is 16.4. The standard InChI is InChI=1S/C12H21N3O2/c1-8(2)10-14-5-6-15(10)9(3)7-12(4,13)11(16)17/h5-6,8-9H,7,13H2,1-4H3,(H,16,17). The van der Waals surface area contributed by atoms with Crippen molar-refractivity contribution in [2.45, 2.75) is 51.6 Å². The highest BCUT2D eigenvalue weighted by molar-refractivity contribution is 5.77. The molecule has 96 valence electrons. The van der Waals surface area contributed by atoms with Crippen molar-refractivity contribution in [1.82, 2.24) is 9.55 Å². The minimum Gasteiger partial charge on any atom is -0.480 e. The Hall–Kier alpha value is -1.36. The molecule has 1 aromatic rings. The van der Waals surface area contributed by atoms with Gasteiger partial charge in [-0.15, -0.1) is 0 Å². The Morgan fingerprint density at radius 1 is 1.59 bits per heavy atom. The lowest BCUT2D eigenvalue weighted by Gasteiger charge is -2.26. The summed E-state index contributed by atoms with van der Waals surface area (Å²) in [5.74, 6) is 0.288. The van der Waals surface area contributed by atoms with Gasteiger partial charge in [-0.25, -0.2) is 4.98 Å². The van der Waals surface area contributed by atoms with Crippen LogP contribution in [-0.4, -0.2) is 26.2 Å². The molecule has 1 rings (SSSR count). The molecule has 0 aliphatic carbocycles. The number of imidazole rings is 1. The van der Waals surface area contributed by atoms with E-state index in [1.807, 2.05) is 17.7 Å². The smallest absolute Gasteiger partial charge is 0.323 e. The van der Waals surface area contributed by atoms with Crippen LogP contribution in [0.15, 0.2) is 12.4 Å². The van der Waals surface area contributed by atoms with E-state index in [9.17, 15) is 4.79 Å². The third kappa shape index (κ3) is 3.06. The second kappa shape index (κ2) is 4.87. The van der Waals surface area contributed by atoms with E-state index in [1.54, 1.807) is 6.20 Å². The molecular weight excluding hydrogens is 218 g/mol. The lowest BCUT2D eigenvalue weighted by atomic mass is 9.95. The van der Waals surface area contributed by atoms with Crippen LogP contribution in [0.4, 0.5) is 0 Å². The van der Waals surface area contributed by atoms with Gasteiger partial charge in [-0.1, -0.05) is 13.8 Å². The number of nitrogens with zero attached hydrogens (tertiary/aromatic N) is 2. The average molecular weight is 239 g/mol. The monoisotopic (exact) mass is 239 g/mol. The van der Waals surface area contributed by atoms with Gasteiger partial charge >= 0.3 is 5.97 Å². The zero-order chi connectivity index (χ0) is 13.2. The molecule has 0 spiro atoms. The van der Waals surface area contributed by atoms with Crippen LogP contribution >= 0.6 is 0 Å². The van der Waals surface area contributed by atoms with Crippen LogP contribution in [0.1, 0.15) is 51.9 Å². The molecule has 17 heavy (non-hydrogen) atoms. The van der Waals surface area contributed by atoms with Crippen LogP contribution in [0.5, 0.6) is 0 Å². The van der Waals surface area contributed by atoms with Gasteiger partial charge in [0, 0.05) is 24.4 Å². The molecule has 2 atom stereocenters. The molecule has 0 fully saturated rings. The molecule has 0 saturated carbocycles. The van der Waals surface area contributed by atoms with E-state index in [1.165, 1.54) is 6.92 Å². The van der Waals surface area contributed by atoms with E-state index in [0.29, 0.717) is 12.3 Å². The van der Waals surface area contributed by atoms with Gasteiger partial charge in [-0.3, -0.25) is 4.79 Å². The minimum absolute atomic E-state index is 0.0148. The number of hydrogen-bond acceptors (Lipinski definition) is 3. The molecule has 5 nitrogen and oxygen atoms in total. The van der Waals surface area contributed by atoms with Crippen molar-refractivity contribution in [3.63, 3.8) is 0 Å². The molecule has 0 bridgehead atoms. The van der Waals surface area contributed by atoms with Crippen LogP contribution < -0.4 is 5.73 Å². The lowest BCUT2D eigenvalue weighted by molar-refractivity contribution is -0.143. The molecule has 3 N–H and O–H groups in total. The Bertz CT molecular complexity index is 396. The van der Waals surface area contributed by atoms with Crippen molar-refractivity contribution >= 4 is 5.97 Å². The summed E-state index contributed by atoms with van der Waals surface area (Å²) < 4.78 is 2.00. The van der Waals surface area contributed by atoms with E-state index in [2.05, 4.69) is 18.8 Å². The number of aliphatic carboxylic acids is 1. The Morgan fingerprint density at radius 2 is 2.18 bits per heavy atom. The van der Waals surface area contributed by atoms with Crippen LogP contribution in [0.25, 0.3) is 0 Å². The number of aromatic nitrogens is 2. The van der Waals surface area contributed by atoms with Gasteiger partial charge in [0.15, 0.2) is 0 Å². The first kappa shape index (κ1) is 13.7. The zero-order valence-corrected chi connectivity index (χ0v) is 10.8. The third-order valence-electron chi connectivity index (χ3n) is 2.90. The number of rotatable bonds is 5. The molecule has 1 heterocycles. The maximum Gasteiger partial charge on any atom is 0.323 e. The van der Waals surface area contributed by atoms with Crippen molar-refractivity contribution in [1.29, 1.82) is 0 Å². The number of carboxylic acids is 1. The summed E-state index contributed by atoms with van der Waals surface area (Å²) in [5.41, 5.74) is 4.55. The van der Waals surface area contributed by atoms with E-state index in [0.717, 1.165) is 5.82 Å². The van der Waals surface area contributed by atoms with Crippen LogP contribution in [-0.2, 0) is 4.79 Å². The van der Waals surface area contributed by atoms with E-state index in [4.69, 9.17) is 10.8 Å². The van der Waals surface area contributed by atoms with E-state index < -0.39 is 11.5 Å². The third-order valence-corrected chi connectivity index (χ3v) is 2.90. The highest BCUT2D eigenvalue weighted by Crippen LogP contribution is 2.23. The number of carboxylic acid groups (broad SMARTS) is 1. The summed E-state index contributed by atoms with van der Waals surface area (Å²) in [7, 11) is 0. The summed E-state index contributed by atoms with van der Waals surface area (Å²) in [6.07, 6.45) is 3.98. The molecule has 0 aromatic carbocycles. The predicted octanol–water partition coefficient (Wildman–Crippen LogP) is 1.76. The van der Waals surface area contributed by atoms with Gasteiger partial charge in [0.2, 0.25) is 0 Å². The predicted molar refractivity (Wildman–Crippen MR) is 65.9 cm³/mol. The van der Waals surface area contributed by atoms with Crippen molar-refractivity contribution in [3.8, 4) is 0 Å². The Labute approximate surface area is 102 Å². The number of nitrogens with two attached hydrogens (primary N) is 1. The SMILES string of the molecule is CC(C)c1nccn1C(C)CC(C)(N)C(=O)O. The Morgan fingerprint density at radius 3 is 2.65 bits per heavy atom. The van der Waals surface area contributed by atoms with Gasteiger partial charge in [-0.05, 0) is 20.3 Å². The van der Waals surface area contributed by atoms with Gasteiger partial charge in [0.25, 0.3) is 0 Å². The van der Waals surface area contributed by atoms with Gasteiger partial charge in [0.05, 0.1) is 0 Å². The number of hydrogen-bond donors (Lipinski definition) is 2. The van der Waals surface area contributed by atoms with E-state index in [-0.39, 0.29) is 6.04 Å². The molecule has 1 aromatic heterocycles. The summed E-state index contributed by atoms with van der Waals surface area (Å²) in [6.45, 7) is 7.62. The van der Waals surface area contributed by atoms with E-state index >= 15 is 0 Å². The maximum absolute atomic E-state index is 11.0. The molecule has 2 unspecified atom stereocenters. The van der Waals surface area contributed by atoms with Crippen molar-refractivity contribution in [2.75, 3.05) is 0 Å². The molecule has 0 aliphatic rings. The zero-order valence-electron chi connectivity index (χ0n) is 10.8. The molecule has 5 heteroatoms. The second-order valence-corrected chi connectivity index (χ2v) is 5.12. The highest BCUT2D eigenvalue weighted by Gasteiger charge is 2.31. The second-order valence-electron chi connectivity index (χ2n) is 5.12. The summed E-state index contributed by atoms with van der Waals surface area (Å²) in [6, 6.07) is 0.0148. The minimum atomic E-state index is -1.21. The molecule has 0 radical (unpaired) electrons. The number of carbonyl (C=O) groups is 1. The van der Waals surface area contributed by atoms with Crippen LogP contribution in [0.3, 0.4) is 0 Å². The fourth-order valence-electron chi connectivity index (χ4n) is 1.94. The first-order valence-corrected chi connectivity index (χ1v) is 5.80. The average Bonchev–Trinajstić information content (AvgIpc) is 2.64. The van der Waals surface area contributed by atoms with Gasteiger partial charge in [-0.2, -0.15) is 0 Å². The van der Waals surface area contributed by atoms with Crippen LogP contribution in [0, 0.1) is 0 Å². The van der Waals surface area contributed by atoms with Crippen molar-refractivity contribution < 1.29 is 9.90 Å². The Balaban J connectivity index is 2.87. The first-order chi connectivity index (χ1) is 7.75. The van der Waals surface area contributed by atoms with Crippen LogP contribution in [0.2, 0.25) is 0 Å². The van der Waals surface area contributed by atoms with Gasteiger partial charge < -0.3 is 15.4 Å². The maximum atomic E-state index is 11.0. The molecule has 0 aliphatic heterocycles. The van der Waals surface area contributed by atoms with Gasteiger partial charge in [0.1, 0.15) is 11.4 Å². The fourth-order valence-corrected chi connectivity index (χ4v) is 1.94. The molecule has 0 amide bonds. The molecule has 0 saturated heterocycles. The largest absolute Gasteiger partial charge is 0.480 e. The summed E-state index contributed by atoms with van der Waals surface area (Å²) in [5, 5.41) is 9.02. The normalized spacial score (nSPS) is 16.8.